The summed E-state index contributed by atoms with van der Waals surface area (Å²) < 4.78 is 23.7. The highest BCUT2D eigenvalue weighted by atomic mass is 16.8. The van der Waals surface area contributed by atoms with Crippen LogP contribution >= 0.6 is 0 Å². The molecule has 0 aliphatic carbocycles. The fourth-order valence-corrected chi connectivity index (χ4v) is 4.56. The number of aliphatic hydroxyl groups excluding tert-OH is 1. The van der Waals surface area contributed by atoms with Crippen LogP contribution in [0.4, 0.5) is 11.4 Å². The Morgan fingerprint density at radius 2 is 1.77 bits per heavy atom. The van der Waals surface area contributed by atoms with Gasteiger partial charge in [-0.25, -0.2) is 0 Å². The minimum atomic E-state index is -1.08. The molecule has 4 unspecified atom stereocenters. The van der Waals surface area contributed by atoms with Crippen LogP contribution in [0.25, 0.3) is 0 Å². The first kappa shape index (κ1) is 25.9. The smallest absolute Gasteiger partial charge is 0.251 e. The van der Waals surface area contributed by atoms with Gasteiger partial charge in [0.25, 0.3) is 5.91 Å². The van der Waals surface area contributed by atoms with Crippen molar-refractivity contribution in [1.82, 2.24) is 0 Å². The maximum absolute atomic E-state index is 9.44. The van der Waals surface area contributed by atoms with Gasteiger partial charge in [-0.3, -0.25) is 0 Å². The second-order valence-corrected chi connectivity index (χ2v) is 9.37. The van der Waals surface area contributed by atoms with Crippen LogP contribution in [-0.2, 0) is 25.4 Å². The van der Waals surface area contributed by atoms with Gasteiger partial charge in [0.2, 0.25) is 0 Å². The Bertz CT molecular complexity index is 737. The lowest BCUT2D eigenvalue weighted by molar-refractivity contribution is -0.337. The summed E-state index contributed by atoms with van der Waals surface area (Å²) in [7, 11) is 0. The van der Waals surface area contributed by atoms with E-state index in [1.165, 1.54) is 5.56 Å². The SMILES string of the molecule is CCOC(C)(OC(C)OC(C)OC(C)O)N1c2cc(C(C)C)c(N)cc2CCC1(C)C. The molecule has 4 atom stereocenters. The Hall–Kier alpha value is -1.38. The fraction of sp³-hybridized carbons (Fsp3) is 0.750. The van der Waals surface area contributed by atoms with Crippen LogP contribution in [0.5, 0.6) is 0 Å². The number of aliphatic hydroxyl groups is 1. The van der Waals surface area contributed by atoms with Crippen molar-refractivity contribution in [2.75, 3.05) is 17.2 Å². The van der Waals surface area contributed by atoms with E-state index in [1.54, 1.807) is 20.8 Å². The number of anilines is 2. The number of fused-ring (bicyclic) bond motifs is 1. The van der Waals surface area contributed by atoms with E-state index in [1.807, 2.05) is 13.8 Å². The lowest BCUT2D eigenvalue weighted by Gasteiger charge is -2.54. The van der Waals surface area contributed by atoms with E-state index in [2.05, 4.69) is 44.7 Å². The third-order valence-corrected chi connectivity index (χ3v) is 5.73. The number of nitrogen functional groups attached to an aromatic ring is 1. The van der Waals surface area contributed by atoms with Crippen molar-refractivity contribution in [3.8, 4) is 0 Å². The van der Waals surface area contributed by atoms with Crippen molar-refractivity contribution >= 4 is 11.4 Å². The van der Waals surface area contributed by atoms with E-state index in [-0.39, 0.29) is 5.54 Å². The number of benzene rings is 1. The van der Waals surface area contributed by atoms with Gasteiger partial charge in [0.1, 0.15) is 0 Å². The molecule has 0 radical (unpaired) electrons. The summed E-state index contributed by atoms with van der Waals surface area (Å²) in [4.78, 5) is 2.22. The first-order valence-corrected chi connectivity index (χ1v) is 11.3. The molecule has 1 aliphatic rings. The maximum Gasteiger partial charge on any atom is 0.251 e. The van der Waals surface area contributed by atoms with Crippen molar-refractivity contribution < 1.29 is 24.1 Å². The number of nitrogens with zero attached hydrogens (tertiary/aromatic N) is 1. The summed E-state index contributed by atoms with van der Waals surface area (Å²) in [5.41, 5.74) is 10.4. The van der Waals surface area contributed by atoms with Crippen LogP contribution in [0, 0.1) is 0 Å². The summed E-state index contributed by atoms with van der Waals surface area (Å²) in [6.45, 7) is 18.1. The molecule has 0 bridgehead atoms. The Kier molecular flexibility index (Phi) is 8.39. The zero-order chi connectivity index (χ0) is 23.6. The Morgan fingerprint density at radius 3 is 2.32 bits per heavy atom. The molecule has 0 aromatic heterocycles. The first-order chi connectivity index (χ1) is 14.3. The minimum absolute atomic E-state index is 0.220. The van der Waals surface area contributed by atoms with Gasteiger partial charge in [-0.1, -0.05) is 13.8 Å². The highest BCUT2D eigenvalue weighted by Crippen LogP contribution is 2.45. The zero-order valence-electron chi connectivity index (χ0n) is 20.7. The Balaban J connectivity index is 2.45. The van der Waals surface area contributed by atoms with Gasteiger partial charge in [-0.2, -0.15) is 0 Å². The van der Waals surface area contributed by atoms with Crippen molar-refractivity contribution in [2.24, 2.45) is 0 Å². The van der Waals surface area contributed by atoms with Crippen LogP contribution in [0.2, 0.25) is 0 Å². The summed E-state index contributed by atoms with van der Waals surface area (Å²) in [5.74, 6) is -0.779. The molecule has 1 aromatic rings. The number of nitrogens with two attached hydrogens (primary N) is 1. The van der Waals surface area contributed by atoms with Crippen LogP contribution in [-0.4, -0.2) is 42.0 Å². The standard InChI is InChI=1S/C24H42N2O5/c1-10-28-24(9,31-18(6)30-17(5)29-16(4)27)26-22-14-20(15(2)3)21(25)13-19(22)11-12-23(26,7)8/h13-18,27H,10-12,25H2,1-9H3. The minimum Gasteiger partial charge on any atom is -0.398 e. The average Bonchev–Trinajstić information content (AvgIpc) is 2.59. The highest BCUT2D eigenvalue weighted by molar-refractivity contribution is 5.67. The summed E-state index contributed by atoms with van der Waals surface area (Å²) in [6.07, 6.45) is -0.314. The normalized spacial score (nSPS) is 20.8. The molecule has 0 saturated carbocycles. The van der Waals surface area contributed by atoms with Crippen molar-refractivity contribution in [3.05, 3.63) is 23.3 Å². The van der Waals surface area contributed by atoms with E-state index in [4.69, 9.17) is 24.7 Å². The van der Waals surface area contributed by atoms with Crippen molar-refractivity contribution in [2.45, 2.75) is 111 Å². The van der Waals surface area contributed by atoms with Crippen molar-refractivity contribution in [1.29, 1.82) is 0 Å². The topological polar surface area (TPSA) is 86.4 Å². The average molecular weight is 439 g/mol. The summed E-state index contributed by atoms with van der Waals surface area (Å²) in [6, 6.07) is 4.28. The second kappa shape index (κ2) is 10.0. The van der Waals surface area contributed by atoms with Gasteiger partial charge in [0, 0.05) is 30.4 Å². The van der Waals surface area contributed by atoms with Gasteiger partial charge in [0.15, 0.2) is 18.9 Å². The second-order valence-electron chi connectivity index (χ2n) is 9.37. The largest absolute Gasteiger partial charge is 0.398 e. The molecule has 0 fully saturated rings. The van der Waals surface area contributed by atoms with Crippen LogP contribution in [0.1, 0.15) is 85.8 Å². The molecule has 1 heterocycles. The maximum atomic E-state index is 9.44. The van der Waals surface area contributed by atoms with E-state index in [9.17, 15) is 5.11 Å². The number of hydrogen-bond donors (Lipinski definition) is 2. The number of aryl methyl sites for hydroxylation is 1. The predicted molar refractivity (Wildman–Crippen MR) is 124 cm³/mol. The molecule has 0 spiro atoms. The molecule has 0 amide bonds. The van der Waals surface area contributed by atoms with E-state index < -0.39 is 24.8 Å². The number of hydrogen-bond acceptors (Lipinski definition) is 7. The quantitative estimate of drug-likeness (QED) is 0.404. The zero-order valence-corrected chi connectivity index (χ0v) is 20.7. The molecule has 3 N–H and O–H groups in total. The fourth-order valence-electron chi connectivity index (χ4n) is 4.56. The third-order valence-electron chi connectivity index (χ3n) is 5.73. The first-order valence-electron chi connectivity index (χ1n) is 11.3. The molecule has 1 aromatic carbocycles. The molecule has 7 nitrogen and oxygen atoms in total. The van der Waals surface area contributed by atoms with Crippen LogP contribution in [0.3, 0.4) is 0 Å². The van der Waals surface area contributed by atoms with E-state index in [0.29, 0.717) is 12.5 Å². The van der Waals surface area contributed by atoms with E-state index >= 15 is 0 Å². The Labute approximate surface area is 187 Å². The number of rotatable bonds is 10. The van der Waals surface area contributed by atoms with Gasteiger partial charge < -0.3 is 34.7 Å². The molecule has 178 valence electrons. The van der Waals surface area contributed by atoms with Crippen molar-refractivity contribution in [3.63, 3.8) is 0 Å². The lowest BCUT2D eigenvalue weighted by atomic mass is 9.84. The number of ether oxygens (including phenoxy) is 4. The van der Waals surface area contributed by atoms with Gasteiger partial charge in [-0.15, -0.1) is 0 Å². The summed E-state index contributed by atoms with van der Waals surface area (Å²) >= 11 is 0. The molecule has 7 heteroatoms. The molecule has 0 saturated heterocycles. The predicted octanol–water partition coefficient (Wildman–Crippen LogP) is 4.71. The lowest BCUT2D eigenvalue weighted by Crippen LogP contribution is -2.63. The summed E-state index contributed by atoms with van der Waals surface area (Å²) in [5, 5.41) is 9.44. The van der Waals surface area contributed by atoms with Gasteiger partial charge >= 0.3 is 0 Å². The third kappa shape index (κ3) is 6.11. The molecule has 31 heavy (non-hydrogen) atoms. The van der Waals surface area contributed by atoms with Crippen LogP contribution < -0.4 is 10.6 Å². The molecule has 2 rings (SSSR count). The Morgan fingerprint density at radius 1 is 1.13 bits per heavy atom. The van der Waals surface area contributed by atoms with Gasteiger partial charge in [0.05, 0.1) is 0 Å². The monoisotopic (exact) mass is 438 g/mol. The van der Waals surface area contributed by atoms with E-state index in [0.717, 1.165) is 29.8 Å². The highest BCUT2D eigenvalue weighted by Gasteiger charge is 2.47. The molecular formula is C24H42N2O5. The molecule has 1 aliphatic heterocycles. The van der Waals surface area contributed by atoms with Crippen LogP contribution in [0.15, 0.2) is 12.1 Å². The van der Waals surface area contributed by atoms with Gasteiger partial charge in [-0.05, 0) is 83.6 Å². The molecular weight excluding hydrogens is 396 g/mol.